The van der Waals surface area contributed by atoms with Crippen LogP contribution in [0, 0.1) is 17.8 Å². The summed E-state index contributed by atoms with van der Waals surface area (Å²) in [5.74, 6) is 3.83. The molecule has 4 saturated carbocycles. The molecule has 1 heterocycles. The molecule has 4 aliphatic carbocycles. The summed E-state index contributed by atoms with van der Waals surface area (Å²) in [7, 11) is 0. The maximum Gasteiger partial charge on any atom is 0.145 e. The van der Waals surface area contributed by atoms with Crippen LogP contribution in [0.1, 0.15) is 49.8 Å². The van der Waals surface area contributed by atoms with Gasteiger partial charge in [-0.25, -0.2) is 0 Å². The van der Waals surface area contributed by atoms with Crippen LogP contribution in [-0.4, -0.2) is 11.3 Å². The molecule has 1 aromatic heterocycles. The molecule has 132 valence electrons. The minimum absolute atomic E-state index is 0.372. The third-order valence-electron chi connectivity index (χ3n) is 6.41. The fraction of sp³-hybridized carbons (Fsp3) is 0.550. The quantitative estimate of drug-likeness (QED) is 0.632. The van der Waals surface area contributed by atoms with Gasteiger partial charge in [0.15, 0.2) is 0 Å². The third kappa shape index (κ3) is 2.63. The van der Waals surface area contributed by atoms with Crippen molar-refractivity contribution in [2.75, 3.05) is 0 Å². The molecule has 0 N–H and O–H groups in total. The lowest BCUT2D eigenvalue weighted by molar-refractivity contribution is 0.00526. The van der Waals surface area contributed by atoms with Crippen molar-refractivity contribution in [1.29, 1.82) is 0 Å². The Morgan fingerprint density at radius 3 is 2.56 bits per heavy atom. The molecular weight excluding hydrogens is 357 g/mol. The molecule has 6 rings (SSSR count). The molecule has 0 radical (unpaired) electrons. The number of fused-ring (bicyclic) bond motifs is 1. The van der Waals surface area contributed by atoms with Crippen LogP contribution < -0.4 is 0 Å². The number of hydrogen-bond acceptors (Lipinski definition) is 3. The van der Waals surface area contributed by atoms with Crippen molar-refractivity contribution in [2.45, 2.75) is 51.2 Å². The summed E-state index contributed by atoms with van der Waals surface area (Å²) < 4.78 is 12.1. The highest BCUT2D eigenvalue weighted by atomic mass is 35.5. The maximum absolute atomic E-state index is 6.41. The number of aromatic nitrogens is 1. The average Bonchev–Trinajstić information content (AvgIpc) is 3.09. The van der Waals surface area contributed by atoms with Crippen molar-refractivity contribution in [3.8, 4) is 11.3 Å². The average molecular weight is 378 g/mol. The largest absolute Gasteiger partial charge is 0.373 e. The summed E-state index contributed by atoms with van der Waals surface area (Å²) in [5, 5.41) is 5.53. The van der Waals surface area contributed by atoms with Gasteiger partial charge in [-0.2, -0.15) is 0 Å². The zero-order valence-corrected chi connectivity index (χ0v) is 15.7. The maximum atomic E-state index is 6.41. The normalized spacial score (nSPS) is 30.5. The molecule has 2 aromatic rings. The van der Waals surface area contributed by atoms with Crippen molar-refractivity contribution in [1.82, 2.24) is 5.16 Å². The Morgan fingerprint density at radius 1 is 1.20 bits per heavy atom. The lowest BCUT2D eigenvalue weighted by Gasteiger charge is -2.33. The molecule has 0 amide bonds. The molecule has 4 unspecified atom stereocenters. The van der Waals surface area contributed by atoms with Crippen LogP contribution in [0.4, 0.5) is 0 Å². The van der Waals surface area contributed by atoms with Gasteiger partial charge in [-0.1, -0.05) is 41.3 Å². The molecule has 2 bridgehead atoms. The van der Waals surface area contributed by atoms with E-state index >= 15 is 0 Å². The molecule has 4 aliphatic rings. The Morgan fingerprint density at radius 2 is 1.96 bits per heavy atom. The first kappa shape index (κ1) is 16.2. The molecule has 0 aliphatic heterocycles. The zero-order valence-electron chi connectivity index (χ0n) is 14.2. The van der Waals surface area contributed by atoms with E-state index in [9.17, 15) is 0 Å². The highest BCUT2D eigenvalue weighted by Gasteiger charge is 2.51. The van der Waals surface area contributed by atoms with Crippen molar-refractivity contribution in [3.63, 3.8) is 0 Å². The Bertz CT molecular complexity index is 794. The summed E-state index contributed by atoms with van der Waals surface area (Å²) in [4.78, 5) is 0. The number of hydrogen-bond donors (Lipinski definition) is 0. The summed E-state index contributed by atoms with van der Waals surface area (Å²) >= 11 is 12.8. The van der Waals surface area contributed by atoms with E-state index in [-0.39, 0.29) is 0 Å². The van der Waals surface area contributed by atoms with Crippen molar-refractivity contribution < 1.29 is 9.26 Å². The van der Waals surface area contributed by atoms with Gasteiger partial charge < -0.3 is 9.26 Å². The van der Waals surface area contributed by atoms with Gasteiger partial charge in [0.05, 0.1) is 22.8 Å². The standard InChI is InChI=1S/C20H21Cl2NO2/c1-10-12-7-13(10)17(8-12)24-9-14-19(23-25-20(14)11-5-6-11)18-15(21)3-2-4-16(18)22/h2-4,10-13,17H,5-9H2,1H3. The van der Waals surface area contributed by atoms with E-state index in [1.165, 1.54) is 12.8 Å². The van der Waals surface area contributed by atoms with Gasteiger partial charge in [0.25, 0.3) is 0 Å². The highest BCUT2D eigenvalue weighted by molar-refractivity contribution is 6.39. The van der Waals surface area contributed by atoms with Crippen molar-refractivity contribution in [3.05, 3.63) is 39.6 Å². The molecule has 25 heavy (non-hydrogen) atoms. The Kier molecular flexibility index (Phi) is 3.88. The van der Waals surface area contributed by atoms with Gasteiger partial charge in [-0.05, 0) is 55.6 Å². The SMILES string of the molecule is CC1C2CC(OCc3c(-c4c(Cl)cccc4Cl)noc3C3CC3)C1C2. The molecule has 5 heteroatoms. The van der Waals surface area contributed by atoms with Gasteiger partial charge in [0.1, 0.15) is 11.5 Å². The Labute approximate surface area is 157 Å². The molecule has 3 nitrogen and oxygen atoms in total. The second-order valence-electron chi connectivity index (χ2n) is 7.85. The van der Waals surface area contributed by atoms with E-state index in [0.717, 1.165) is 53.2 Å². The summed E-state index contributed by atoms with van der Waals surface area (Å²) in [5.41, 5.74) is 2.54. The Hall–Kier alpha value is -1.03. The van der Waals surface area contributed by atoms with Gasteiger partial charge >= 0.3 is 0 Å². The van der Waals surface area contributed by atoms with Gasteiger partial charge in [-0.15, -0.1) is 0 Å². The summed E-state index contributed by atoms with van der Waals surface area (Å²) in [6.45, 7) is 2.89. The summed E-state index contributed by atoms with van der Waals surface area (Å²) in [6.07, 6.45) is 5.20. The molecular formula is C20H21Cl2NO2. The van der Waals surface area contributed by atoms with E-state index in [1.54, 1.807) is 0 Å². The van der Waals surface area contributed by atoms with E-state index in [4.69, 9.17) is 32.5 Å². The van der Waals surface area contributed by atoms with Crippen LogP contribution in [0.5, 0.6) is 0 Å². The molecule has 4 atom stereocenters. The predicted molar refractivity (Wildman–Crippen MR) is 97.9 cm³/mol. The topological polar surface area (TPSA) is 35.3 Å². The van der Waals surface area contributed by atoms with Crippen LogP contribution in [-0.2, 0) is 11.3 Å². The van der Waals surface area contributed by atoms with Gasteiger partial charge in [-0.3, -0.25) is 0 Å². The van der Waals surface area contributed by atoms with Crippen molar-refractivity contribution >= 4 is 23.2 Å². The van der Waals surface area contributed by atoms with Gasteiger partial charge in [0, 0.05) is 17.0 Å². The van der Waals surface area contributed by atoms with Crippen LogP contribution in [0.15, 0.2) is 22.7 Å². The first-order chi connectivity index (χ1) is 12.1. The molecule has 4 fully saturated rings. The lowest BCUT2D eigenvalue weighted by atomic mass is 9.73. The number of ether oxygens (including phenoxy) is 1. The van der Waals surface area contributed by atoms with E-state index in [0.29, 0.717) is 28.7 Å². The molecule has 0 saturated heterocycles. The first-order valence-corrected chi connectivity index (χ1v) is 9.93. The third-order valence-corrected chi connectivity index (χ3v) is 7.04. The fourth-order valence-electron chi connectivity index (χ4n) is 4.64. The molecule has 1 aromatic carbocycles. The summed E-state index contributed by atoms with van der Waals surface area (Å²) in [6, 6.07) is 5.53. The van der Waals surface area contributed by atoms with Crippen LogP contribution in [0.3, 0.4) is 0 Å². The fourth-order valence-corrected chi connectivity index (χ4v) is 5.21. The van der Waals surface area contributed by atoms with Gasteiger partial charge in [0.2, 0.25) is 0 Å². The van der Waals surface area contributed by atoms with E-state index in [1.807, 2.05) is 18.2 Å². The zero-order chi connectivity index (χ0) is 17.1. The first-order valence-electron chi connectivity index (χ1n) is 9.18. The minimum Gasteiger partial charge on any atom is -0.373 e. The lowest BCUT2D eigenvalue weighted by Crippen LogP contribution is -2.29. The number of halogens is 2. The van der Waals surface area contributed by atoms with Crippen LogP contribution in [0.25, 0.3) is 11.3 Å². The predicted octanol–water partition coefficient (Wildman–Crippen LogP) is 6.09. The number of benzene rings is 1. The monoisotopic (exact) mass is 377 g/mol. The van der Waals surface area contributed by atoms with Crippen molar-refractivity contribution in [2.24, 2.45) is 17.8 Å². The number of rotatable bonds is 5. The van der Waals surface area contributed by atoms with Crippen LogP contribution in [0.2, 0.25) is 10.0 Å². The molecule has 0 spiro atoms. The second kappa shape index (κ2) is 6.00. The second-order valence-corrected chi connectivity index (χ2v) is 8.66. The highest BCUT2D eigenvalue weighted by Crippen LogP contribution is 2.55. The minimum atomic E-state index is 0.372. The van der Waals surface area contributed by atoms with E-state index in [2.05, 4.69) is 12.1 Å². The van der Waals surface area contributed by atoms with Crippen LogP contribution >= 0.6 is 23.2 Å². The van der Waals surface area contributed by atoms with E-state index < -0.39 is 0 Å². The smallest absolute Gasteiger partial charge is 0.145 e. The Balaban J connectivity index is 1.46. The number of nitrogens with zero attached hydrogens (tertiary/aromatic N) is 1.